The van der Waals surface area contributed by atoms with E-state index >= 15 is 0 Å². The maximum absolute atomic E-state index is 14.4. The number of rotatable bonds is 5. The van der Waals surface area contributed by atoms with E-state index in [0.29, 0.717) is 23.1 Å². The maximum atomic E-state index is 14.4. The van der Waals surface area contributed by atoms with Crippen LogP contribution in [0.25, 0.3) is 16.9 Å². The lowest BCUT2D eigenvalue weighted by atomic mass is 10.1. The standard InChI is InChI=1S/C23H14F6N4O3/c24-14-4-2-13(3-5-14)15-8-19(22(25,26)23(27,28)29)33-20(31-15)9-16(32-33)21(34)30-10-12-1-6-17-18(7-12)36-11-35-17/h1-9H,10-11H2,(H,30,34). The molecule has 0 spiro atoms. The minimum atomic E-state index is -5.95. The van der Waals surface area contributed by atoms with E-state index in [1.165, 1.54) is 12.1 Å². The third-order valence-electron chi connectivity index (χ3n) is 5.37. The molecule has 36 heavy (non-hydrogen) atoms. The molecule has 5 rings (SSSR count). The second kappa shape index (κ2) is 8.43. The summed E-state index contributed by atoms with van der Waals surface area (Å²) in [4.78, 5) is 16.7. The van der Waals surface area contributed by atoms with E-state index in [1.807, 2.05) is 0 Å². The van der Waals surface area contributed by atoms with E-state index in [2.05, 4.69) is 15.4 Å². The fraction of sp³-hybridized carbons (Fsp3) is 0.174. The first kappa shape index (κ1) is 23.5. The fourth-order valence-corrected chi connectivity index (χ4v) is 3.55. The monoisotopic (exact) mass is 508 g/mol. The van der Waals surface area contributed by atoms with Gasteiger partial charge in [0.25, 0.3) is 5.91 Å². The molecule has 0 aliphatic carbocycles. The van der Waals surface area contributed by atoms with Crippen molar-refractivity contribution in [2.75, 3.05) is 6.79 Å². The average molecular weight is 508 g/mol. The molecule has 1 N–H and O–H groups in total. The molecule has 0 saturated carbocycles. The summed E-state index contributed by atoms with van der Waals surface area (Å²) in [5.74, 6) is -5.78. The number of amides is 1. The maximum Gasteiger partial charge on any atom is 0.459 e. The molecular formula is C23H14F6N4O3. The number of benzene rings is 2. The Morgan fingerprint density at radius 2 is 1.69 bits per heavy atom. The van der Waals surface area contributed by atoms with Crippen LogP contribution >= 0.6 is 0 Å². The van der Waals surface area contributed by atoms with Crippen molar-refractivity contribution in [1.82, 2.24) is 19.9 Å². The van der Waals surface area contributed by atoms with Gasteiger partial charge < -0.3 is 14.8 Å². The third kappa shape index (κ3) is 4.16. The summed E-state index contributed by atoms with van der Waals surface area (Å²) >= 11 is 0. The second-order valence-corrected chi connectivity index (χ2v) is 7.78. The average Bonchev–Trinajstić information content (AvgIpc) is 3.48. The highest BCUT2D eigenvalue weighted by Crippen LogP contribution is 2.44. The molecule has 4 aromatic rings. The van der Waals surface area contributed by atoms with Gasteiger partial charge in [0.1, 0.15) is 11.5 Å². The van der Waals surface area contributed by atoms with Gasteiger partial charge >= 0.3 is 12.1 Å². The lowest BCUT2D eigenvalue weighted by Gasteiger charge is -2.21. The molecule has 2 aromatic heterocycles. The molecular weight excluding hydrogens is 494 g/mol. The fourth-order valence-electron chi connectivity index (χ4n) is 3.55. The number of hydrogen-bond donors (Lipinski definition) is 1. The van der Waals surface area contributed by atoms with Gasteiger partial charge in [0, 0.05) is 18.2 Å². The van der Waals surface area contributed by atoms with Crippen molar-refractivity contribution in [3.05, 3.63) is 77.4 Å². The van der Waals surface area contributed by atoms with E-state index in [-0.39, 0.29) is 29.1 Å². The minimum Gasteiger partial charge on any atom is -0.454 e. The van der Waals surface area contributed by atoms with Gasteiger partial charge in [-0.15, -0.1) is 0 Å². The van der Waals surface area contributed by atoms with E-state index in [9.17, 15) is 31.1 Å². The van der Waals surface area contributed by atoms with Gasteiger partial charge in [-0.1, -0.05) is 6.07 Å². The van der Waals surface area contributed by atoms with Crippen LogP contribution in [-0.2, 0) is 12.5 Å². The molecule has 0 saturated heterocycles. The summed E-state index contributed by atoms with van der Waals surface area (Å²) in [6.45, 7) is 0.0490. The van der Waals surface area contributed by atoms with Crippen molar-refractivity contribution in [3.8, 4) is 22.8 Å². The first-order valence-corrected chi connectivity index (χ1v) is 10.3. The van der Waals surface area contributed by atoms with Gasteiger partial charge in [-0.25, -0.2) is 13.9 Å². The van der Waals surface area contributed by atoms with Gasteiger partial charge in [-0.3, -0.25) is 4.79 Å². The predicted octanol–water partition coefficient (Wildman–Crippen LogP) is 4.85. The number of halogens is 6. The van der Waals surface area contributed by atoms with Crippen LogP contribution in [-0.4, -0.2) is 33.5 Å². The van der Waals surface area contributed by atoms with E-state index in [0.717, 1.165) is 18.2 Å². The van der Waals surface area contributed by atoms with Gasteiger partial charge in [0.15, 0.2) is 22.8 Å². The summed E-state index contributed by atoms with van der Waals surface area (Å²) in [5, 5.41) is 6.19. The van der Waals surface area contributed by atoms with Crippen LogP contribution in [0.4, 0.5) is 26.3 Å². The smallest absolute Gasteiger partial charge is 0.454 e. The number of carbonyl (C=O) groups is 1. The summed E-state index contributed by atoms with van der Waals surface area (Å²) in [7, 11) is 0. The zero-order valence-electron chi connectivity index (χ0n) is 17.9. The molecule has 1 amide bonds. The summed E-state index contributed by atoms with van der Waals surface area (Å²) in [5.41, 5.74) is -1.98. The molecule has 186 valence electrons. The minimum absolute atomic E-state index is 0.0107. The lowest BCUT2D eigenvalue weighted by Crippen LogP contribution is -2.36. The van der Waals surface area contributed by atoms with Crippen molar-refractivity contribution in [2.45, 2.75) is 18.6 Å². The normalized spacial score (nSPS) is 13.3. The Kier molecular flexibility index (Phi) is 5.49. The largest absolute Gasteiger partial charge is 0.459 e. The van der Waals surface area contributed by atoms with Crippen LogP contribution in [0.5, 0.6) is 11.5 Å². The first-order valence-electron chi connectivity index (χ1n) is 10.3. The molecule has 1 aliphatic rings. The van der Waals surface area contributed by atoms with Crippen LogP contribution in [0.3, 0.4) is 0 Å². The van der Waals surface area contributed by atoms with Crippen LogP contribution in [0, 0.1) is 5.82 Å². The zero-order valence-corrected chi connectivity index (χ0v) is 17.9. The summed E-state index contributed by atoms with van der Waals surface area (Å²) in [6, 6.07) is 10.8. The van der Waals surface area contributed by atoms with Gasteiger partial charge in [-0.2, -0.15) is 27.1 Å². The number of carbonyl (C=O) groups excluding carboxylic acids is 1. The summed E-state index contributed by atoms with van der Waals surface area (Å²) < 4.78 is 92.6. The Bertz CT molecular complexity index is 1470. The number of ether oxygens (including phenoxy) is 2. The number of hydrogen-bond acceptors (Lipinski definition) is 5. The molecule has 0 radical (unpaired) electrons. The molecule has 0 bridgehead atoms. The van der Waals surface area contributed by atoms with Gasteiger partial charge in [0.05, 0.1) is 5.69 Å². The molecule has 2 aromatic carbocycles. The second-order valence-electron chi connectivity index (χ2n) is 7.78. The molecule has 3 heterocycles. The van der Waals surface area contributed by atoms with Crippen LogP contribution in [0.15, 0.2) is 54.6 Å². The molecule has 7 nitrogen and oxygen atoms in total. The van der Waals surface area contributed by atoms with Crippen LogP contribution in [0.2, 0.25) is 0 Å². The Balaban J connectivity index is 1.50. The first-order chi connectivity index (χ1) is 17.0. The predicted molar refractivity (Wildman–Crippen MR) is 112 cm³/mol. The number of alkyl halides is 5. The topological polar surface area (TPSA) is 77.8 Å². The van der Waals surface area contributed by atoms with Crippen LogP contribution < -0.4 is 14.8 Å². The Morgan fingerprint density at radius 3 is 2.42 bits per heavy atom. The van der Waals surface area contributed by atoms with E-state index in [4.69, 9.17) is 9.47 Å². The SMILES string of the molecule is O=C(NCc1ccc2c(c1)OCO2)c1cc2nc(-c3ccc(F)cc3)cc(C(F)(F)C(F)(F)F)n2n1. The highest BCUT2D eigenvalue weighted by Gasteiger charge is 2.60. The molecule has 0 fully saturated rings. The van der Waals surface area contributed by atoms with Crippen molar-refractivity contribution in [3.63, 3.8) is 0 Å². The molecule has 1 aliphatic heterocycles. The van der Waals surface area contributed by atoms with Crippen molar-refractivity contribution >= 4 is 11.6 Å². The number of nitrogens with one attached hydrogen (secondary N) is 1. The lowest BCUT2D eigenvalue weighted by molar-refractivity contribution is -0.291. The van der Waals surface area contributed by atoms with Crippen LogP contribution in [0.1, 0.15) is 21.7 Å². The van der Waals surface area contributed by atoms with E-state index < -0.39 is 40.9 Å². The highest BCUT2D eigenvalue weighted by atomic mass is 19.4. The number of fused-ring (bicyclic) bond motifs is 2. The Hall–Kier alpha value is -4.29. The Morgan fingerprint density at radius 1 is 0.972 bits per heavy atom. The molecule has 13 heteroatoms. The van der Waals surface area contributed by atoms with Gasteiger partial charge in [-0.05, 0) is 48.0 Å². The molecule has 0 unspecified atom stereocenters. The Labute approximate surface area is 198 Å². The quantitative estimate of drug-likeness (QED) is 0.390. The van der Waals surface area contributed by atoms with E-state index in [1.54, 1.807) is 18.2 Å². The summed E-state index contributed by atoms with van der Waals surface area (Å²) in [6.07, 6.45) is -5.95. The van der Waals surface area contributed by atoms with Gasteiger partial charge in [0.2, 0.25) is 6.79 Å². The number of nitrogens with zero attached hydrogens (tertiary/aromatic N) is 3. The number of aromatic nitrogens is 3. The zero-order chi connectivity index (χ0) is 25.7. The highest BCUT2D eigenvalue weighted by molar-refractivity contribution is 5.93. The van der Waals surface area contributed by atoms with Crippen molar-refractivity contribution in [1.29, 1.82) is 0 Å². The van der Waals surface area contributed by atoms with Crippen molar-refractivity contribution in [2.24, 2.45) is 0 Å². The van der Waals surface area contributed by atoms with Crippen molar-refractivity contribution < 1.29 is 40.6 Å². The third-order valence-corrected chi connectivity index (χ3v) is 5.37. The molecule has 0 atom stereocenters.